The first-order chi connectivity index (χ1) is 6.79. The van der Waals surface area contributed by atoms with Crippen LogP contribution in [-0.4, -0.2) is 4.98 Å². The number of aromatic nitrogens is 1. The molecule has 14 heavy (non-hydrogen) atoms. The minimum Gasteiger partial charge on any atom is -0.396 e. The molecule has 0 radical (unpaired) electrons. The van der Waals surface area contributed by atoms with Crippen LogP contribution in [0.15, 0.2) is 42.6 Å². The van der Waals surface area contributed by atoms with Gasteiger partial charge in [0.1, 0.15) is 5.69 Å². The van der Waals surface area contributed by atoms with Crippen LogP contribution in [0.5, 0.6) is 0 Å². The van der Waals surface area contributed by atoms with Crippen LogP contribution in [0.3, 0.4) is 0 Å². The number of nitrogen functional groups attached to an aromatic ring is 1. The Morgan fingerprint density at radius 3 is 2.50 bits per heavy atom. The van der Waals surface area contributed by atoms with E-state index in [9.17, 15) is 4.39 Å². The van der Waals surface area contributed by atoms with Crippen molar-refractivity contribution in [2.24, 2.45) is 0 Å². The van der Waals surface area contributed by atoms with Gasteiger partial charge in [-0.2, -0.15) is 0 Å². The molecule has 0 saturated heterocycles. The Morgan fingerprint density at radius 2 is 1.79 bits per heavy atom. The van der Waals surface area contributed by atoms with E-state index in [0.717, 1.165) is 5.56 Å². The first kappa shape index (κ1) is 8.69. The average molecular weight is 188 g/mol. The van der Waals surface area contributed by atoms with Gasteiger partial charge >= 0.3 is 0 Å². The highest BCUT2D eigenvalue weighted by molar-refractivity contribution is 5.63. The zero-order chi connectivity index (χ0) is 9.97. The molecule has 70 valence electrons. The van der Waals surface area contributed by atoms with Crippen LogP contribution in [0.1, 0.15) is 0 Å². The largest absolute Gasteiger partial charge is 0.396 e. The zero-order valence-corrected chi connectivity index (χ0v) is 7.44. The molecule has 3 heteroatoms. The molecule has 0 spiro atoms. The molecule has 0 aliphatic carbocycles. The Bertz CT molecular complexity index is 440. The fourth-order valence-corrected chi connectivity index (χ4v) is 1.26. The molecule has 1 aromatic heterocycles. The topological polar surface area (TPSA) is 38.9 Å². The summed E-state index contributed by atoms with van der Waals surface area (Å²) in [5, 5.41) is 0. The predicted octanol–water partition coefficient (Wildman–Crippen LogP) is 2.47. The van der Waals surface area contributed by atoms with Crippen LogP contribution < -0.4 is 5.73 Å². The van der Waals surface area contributed by atoms with Crippen LogP contribution in [0, 0.1) is 5.82 Å². The molecule has 1 heterocycles. The van der Waals surface area contributed by atoms with E-state index in [2.05, 4.69) is 4.98 Å². The van der Waals surface area contributed by atoms with Crippen LogP contribution in [0.2, 0.25) is 0 Å². The number of nitrogens with zero attached hydrogens (tertiary/aromatic N) is 1. The lowest BCUT2D eigenvalue weighted by Gasteiger charge is -2.03. The molecule has 0 fully saturated rings. The second kappa shape index (κ2) is 3.46. The Balaban J connectivity index is 2.58. The maximum atomic E-state index is 13.5. The molecule has 0 bridgehead atoms. The lowest BCUT2D eigenvalue weighted by Crippen LogP contribution is -1.95. The Kier molecular flexibility index (Phi) is 2.14. The lowest BCUT2D eigenvalue weighted by atomic mass is 10.1. The minimum absolute atomic E-state index is 0.124. The quantitative estimate of drug-likeness (QED) is 0.746. The van der Waals surface area contributed by atoms with Gasteiger partial charge in [-0.15, -0.1) is 0 Å². The molecule has 2 N–H and O–H groups in total. The van der Waals surface area contributed by atoms with Crippen molar-refractivity contribution in [2.45, 2.75) is 0 Å². The van der Waals surface area contributed by atoms with Gasteiger partial charge in [0.2, 0.25) is 0 Å². The first-order valence-electron chi connectivity index (χ1n) is 4.24. The fraction of sp³-hybridized carbons (Fsp3) is 0. The van der Waals surface area contributed by atoms with E-state index < -0.39 is 5.82 Å². The number of anilines is 1. The van der Waals surface area contributed by atoms with E-state index in [-0.39, 0.29) is 5.69 Å². The first-order valence-corrected chi connectivity index (χ1v) is 4.24. The third-order valence-corrected chi connectivity index (χ3v) is 1.97. The number of hydrogen-bond acceptors (Lipinski definition) is 2. The second-order valence-corrected chi connectivity index (χ2v) is 2.93. The van der Waals surface area contributed by atoms with Crippen molar-refractivity contribution >= 4 is 5.69 Å². The van der Waals surface area contributed by atoms with E-state index >= 15 is 0 Å². The summed E-state index contributed by atoms with van der Waals surface area (Å²) < 4.78 is 13.5. The van der Waals surface area contributed by atoms with Gasteiger partial charge < -0.3 is 5.73 Å². The molecule has 0 atom stereocenters. The molecule has 1 aromatic carbocycles. The van der Waals surface area contributed by atoms with Crippen molar-refractivity contribution in [3.05, 3.63) is 48.4 Å². The zero-order valence-electron chi connectivity index (χ0n) is 7.44. The highest BCUT2D eigenvalue weighted by Crippen LogP contribution is 2.22. The SMILES string of the molecule is Nc1ccnc(-c2ccccc2)c1F. The van der Waals surface area contributed by atoms with Crippen LogP contribution >= 0.6 is 0 Å². The van der Waals surface area contributed by atoms with Crippen molar-refractivity contribution in [3.8, 4) is 11.3 Å². The number of halogens is 1. The third kappa shape index (κ3) is 1.44. The van der Waals surface area contributed by atoms with Crippen molar-refractivity contribution in [1.29, 1.82) is 0 Å². The lowest BCUT2D eigenvalue weighted by molar-refractivity contribution is 0.630. The minimum atomic E-state index is -0.460. The van der Waals surface area contributed by atoms with E-state index in [1.807, 2.05) is 18.2 Å². The van der Waals surface area contributed by atoms with Crippen LogP contribution in [0.4, 0.5) is 10.1 Å². The molecular weight excluding hydrogens is 179 g/mol. The van der Waals surface area contributed by atoms with Gasteiger partial charge in [0.05, 0.1) is 5.69 Å². The van der Waals surface area contributed by atoms with Gasteiger partial charge in [-0.3, -0.25) is 4.98 Å². The van der Waals surface area contributed by atoms with Crippen LogP contribution in [0.25, 0.3) is 11.3 Å². The summed E-state index contributed by atoms with van der Waals surface area (Å²) in [4.78, 5) is 3.95. The van der Waals surface area contributed by atoms with Crippen molar-refractivity contribution in [1.82, 2.24) is 4.98 Å². The molecule has 0 aliphatic heterocycles. The fourth-order valence-electron chi connectivity index (χ4n) is 1.26. The number of benzene rings is 1. The predicted molar refractivity (Wildman–Crippen MR) is 54.0 cm³/mol. The number of nitrogens with two attached hydrogens (primary N) is 1. The number of hydrogen-bond donors (Lipinski definition) is 1. The summed E-state index contributed by atoms with van der Waals surface area (Å²) >= 11 is 0. The number of pyridine rings is 1. The van der Waals surface area contributed by atoms with Gasteiger partial charge in [0.25, 0.3) is 0 Å². The average Bonchev–Trinajstić information content (AvgIpc) is 2.23. The van der Waals surface area contributed by atoms with E-state index in [0.29, 0.717) is 5.69 Å². The summed E-state index contributed by atoms with van der Waals surface area (Å²) in [6, 6.07) is 10.6. The Labute approximate surface area is 81.2 Å². The summed E-state index contributed by atoms with van der Waals surface area (Å²) in [6.07, 6.45) is 1.50. The monoisotopic (exact) mass is 188 g/mol. The maximum absolute atomic E-state index is 13.5. The van der Waals surface area contributed by atoms with E-state index in [4.69, 9.17) is 5.73 Å². The summed E-state index contributed by atoms with van der Waals surface area (Å²) in [5.41, 5.74) is 6.60. The van der Waals surface area contributed by atoms with Gasteiger partial charge in [0, 0.05) is 11.8 Å². The summed E-state index contributed by atoms with van der Waals surface area (Å²) in [5.74, 6) is -0.460. The van der Waals surface area contributed by atoms with Gasteiger partial charge in [-0.1, -0.05) is 30.3 Å². The molecule has 0 aliphatic rings. The maximum Gasteiger partial charge on any atom is 0.172 e. The highest BCUT2D eigenvalue weighted by atomic mass is 19.1. The Hall–Kier alpha value is -1.90. The Morgan fingerprint density at radius 1 is 1.07 bits per heavy atom. The standard InChI is InChI=1S/C11H9FN2/c12-10-9(13)6-7-14-11(10)8-4-2-1-3-5-8/h1-7H,(H2,13,14). The summed E-state index contributed by atoms with van der Waals surface area (Å²) in [7, 11) is 0. The molecule has 2 aromatic rings. The molecule has 0 unspecified atom stereocenters. The molecular formula is C11H9FN2. The summed E-state index contributed by atoms with van der Waals surface area (Å²) in [6.45, 7) is 0. The van der Waals surface area contributed by atoms with Gasteiger partial charge in [-0.05, 0) is 6.07 Å². The third-order valence-electron chi connectivity index (χ3n) is 1.97. The molecule has 0 amide bonds. The highest BCUT2D eigenvalue weighted by Gasteiger charge is 2.07. The van der Waals surface area contributed by atoms with Gasteiger partial charge in [-0.25, -0.2) is 4.39 Å². The van der Waals surface area contributed by atoms with E-state index in [1.54, 1.807) is 12.1 Å². The molecule has 0 saturated carbocycles. The number of rotatable bonds is 1. The van der Waals surface area contributed by atoms with E-state index in [1.165, 1.54) is 12.3 Å². The van der Waals surface area contributed by atoms with Gasteiger partial charge in [0.15, 0.2) is 5.82 Å². The normalized spacial score (nSPS) is 10.1. The van der Waals surface area contributed by atoms with Crippen LogP contribution in [-0.2, 0) is 0 Å². The molecule has 2 nitrogen and oxygen atoms in total. The smallest absolute Gasteiger partial charge is 0.172 e. The second-order valence-electron chi connectivity index (χ2n) is 2.93. The van der Waals surface area contributed by atoms with Crippen molar-refractivity contribution in [2.75, 3.05) is 5.73 Å². The molecule has 2 rings (SSSR count). The van der Waals surface area contributed by atoms with Crippen molar-refractivity contribution in [3.63, 3.8) is 0 Å². The van der Waals surface area contributed by atoms with Crippen molar-refractivity contribution < 1.29 is 4.39 Å².